The van der Waals surface area contributed by atoms with E-state index in [1.165, 1.54) is 11.3 Å². The van der Waals surface area contributed by atoms with Gasteiger partial charge in [-0.2, -0.15) is 0 Å². The summed E-state index contributed by atoms with van der Waals surface area (Å²) in [5, 5.41) is 3.58. The number of nitrogens with one attached hydrogen (secondary N) is 1. The molecule has 2 heterocycles. The number of carbonyl (C=O) groups excluding carboxylic acids is 1. The molecule has 0 aliphatic carbocycles. The largest absolute Gasteiger partial charge is 0.379 e. The number of benzene rings is 1. The lowest BCUT2D eigenvalue weighted by molar-refractivity contribution is -0.122. The molecular weight excluding hydrogens is 274 g/mol. The second-order valence-corrected chi connectivity index (χ2v) is 5.83. The molecule has 1 fully saturated rings. The lowest BCUT2D eigenvalue weighted by Crippen LogP contribution is -2.47. The molecule has 0 bridgehead atoms. The smallest absolute Gasteiger partial charge is 0.243 e. The van der Waals surface area contributed by atoms with Crippen molar-refractivity contribution in [3.8, 4) is 0 Å². The van der Waals surface area contributed by atoms with Crippen LogP contribution in [0.25, 0.3) is 10.2 Å². The molecule has 1 aliphatic heterocycles. The van der Waals surface area contributed by atoms with Crippen LogP contribution in [0.1, 0.15) is 6.92 Å². The zero-order valence-corrected chi connectivity index (χ0v) is 12.2. The molecule has 6 heteroatoms. The van der Waals surface area contributed by atoms with Gasteiger partial charge < -0.3 is 10.1 Å². The Morgan fingerprint density at radius 1 is 1.40 bits per heavy atom. The number of aromatic nitrogens is 1. The van der Waals surface area contributed by atoms with Crippen LogP contribution in [0, 0.1) is 0 Å². The van der Waals surface area contributed by atoms with E-state index >= 15 is 0 Å². The van der Waals surface area contributed by atoms with Crippen LogP contribution in [0.4, 0.5) is 5.13 Å². The summed E-state index contributed by atoms with van der Waals surface area (Å²) >= 11 is 1.50. The van der Waals surface area contributed by atoms with Gasteiger partial charge in [-0.25, -0.2) is 4.98 Å². The van der Waals surface area contributed by atoms with Gasteiger partial charge in [0, 0.05) is 13.1 Å². The first-order chi connectivity index (χ1) is 9.74. The Labute approximate surface area is 121 Å². The first-order valence-corrected chi connectivity index (χ1v) is 7.54. The van der Waals surface area contributed by atoms with E-state index < -0.39 is 0 Å². The highest BCUT2D eigenvalue weighted by atomic mass is 32.1. The highest BCUT2D eigenvalue weighted by molar-refractivity contribution is 7.22. The Morgan fingerprint density at radius 2 is 2.15 bits per heavy atom. The van der Waals surface area contributed by atoms with Crippen LogP contribution >= 0.6 is 11.3 Å². The van der Waals surface area contributed by atoms with Crippen LogP contribution in [-0.2, 0) is 9.53 Å². The van der Waals surface area contributed by atoms with Gasteiger partial charge in [0.1, 0.15) is 0 Å². The Kier molecular flexibility index (Phi) is 3.95. The summed E-state index contributed by atoms with van der Waals surface area (Å²) in [6.45, 7) is 4.91. The molecule has 0 spiro atoms. The molecule has 1 saturated heterocycles. The molecule has 1 N–H and O–H groups in total. The fourth-order valence-electron chi connectivity index (χ4n) is 2.27. The molecule has 1 amide bonds. The van der Waals surface area contributed by atoms with Gasteiger partial charge in [-0.3, -0.25) is 9.69 Å². The standard InChI is InChI=1S/C14H17N3O2S/c1-10(17-6-8-19-9-7-17)13(18)16-14-15-11-4-2-3-5-12(11)20-14/h2-5,10H,6-9H2,1H3,(H,15,16,18). The Morgan fingerprint density at radius 3 is 2.90 bits per heavy atom. The third kappa shape index (κ3) is 2.82. The summed E-state index contributed by atoms with van der Waals surface area (Å²) in [4.78, 5) is 18.8. The second-order valence-electron chi connectivity index (χ2n) is 4.80. The number of hydrogen-bond acceptors (Lipinski definition) is 5. The maximum atomic E-state index is 12.3. The van der Waals surface area contributed by atoms with Gasteiger partial charge in [-0.05, 0) is 19.1 Å². The first kappa shape index (κ1) is 13.5. The van der Waals surface area contributed by atoms with E-state index in [1.54, 1.807) is 0 Å². The number of hydrogen-bond donors (Lipinski definition) is 1. The number of para-hydroxylation sites is 1. The summed E-state index contributed by atoms with van der Waals surface area (Å²) in [5.41, 5.74) is 0.923. The predicted octanol–water partition coefficient (Wildman–Crippen LogP) is 1.96. The first-order valence-electron chi connectivity index (χ1n) is 6.72. The summed E-state index contributed by atoms with van der Waals surface area (Å²) in [6.07, 6.45) is 0. The zero-order chi connectivity index (χ0) is 13.9. The van der Waals surface area contributed by atoms with E-state index in [1.807, 2.05) is 31.2 Å². The Bertz CT molecular complexity index is 574. The van der Waals surface area contributed by atoms with Crippen molar-refractivity contribution in [2.24, 2.45) is 0 Å². The zero-order valence-electron chi connectivity index (χ0n) is 11.3. The van der Waals surface area contributed by atoms with Crippen LogP contribution < -0.4 is 5.32 Å². The van der Waals surface area contributed by atoms with Crippen LogP contribution in [0.15, 0.2) is 24.3 Å². The van der Waals surface area contributed by atoms with E-state index in [9.17, 15) is 4.79 Å². The number of morpholine rings is 1. The third-order valence-corrected chi connectivity index (χ3v) is 4.45. The minimum atomic E-state index is -0.161. The number of thiazole rings is 1. The lowest BCUT2D eigenvalue weighted by atomic mass is 10.2. The molecule has 2 aromatic rings. The number of rotatable bonds is 3. The Balaban J connectivity index is 1.68. The van der Waals surface area contributed by atoms with Gasteiger partial charge in [0.2, 0.25) is 5.91 Å². The fraction of sp³-hybridized carbons (Fsp3) is 0.429. The van der Waals surface area contributed by atoms with Crippen LogP contribution in [0.5, 0.6) is 0 Å². The number of carbonyl (C=O) groups is 1. The highest BCUT2D eigenvalue weighted by Crippen LogP contribution is 2.25. The molecule has 3 rings (SSSR count). The predicted molar refractivity (Wildman–Crippen MR) is 80.1 cm³/mol. The molecule has 1 aromatic carbocycles. The van der Waals surface area contributed by atoms with Gasteiger partial charge in [0.15, 0.2) is 5.13 Å². The number of anilines is 1. The van der Waals surface area contributed by atoms with Gasteiger partial charge in [0.25, 0.3) is 0 Å². The van der Waals surface area contributed by atoms with Crippen LogP contribution in [0.3, 0.4) is 0 Å². The van der Waals surface area contributed by atoms with Crippen LogP contribution in [0.2, 0.25) is 0 Å². The summed E-state index contributed by atoms with van der Waals surface area (Å²) in [7, 11) is 0. The van der Waals surface area contributed by atoms with Crippen molar-refractivity contribution in [1.29, 1.82) is 0 Å². The minimum absolute atomic E-state index is 0.00837. The molecule has 1 aliphatic rings. The van der Waals surface area contributed by atoms with Crippen molar-refractivity contribution < 1.29 is 9.53 Å². The molecule has 5 nitrogen and oxygen atoms in total. The maximum Gasteiger partial charge on any atom is 0.243 e. The van der Waals surface area contributed by atoms with Crippen molar-refractivity contribution in [1.82, 2.24) is 9.88 Å². The van der Waals surface area contributed by atoms with Gasteiger partial charge in [-0.1, -0.05) is 23.5 Å². The van der Waals surface area contributed by atoms with Crippen molar-refractivity contribution in [2.45, 2.75) is 13.0 Å². The van der Waals surface area contributed by atoms with E-state index in [2.05, 4.69) is 15.2 Å². The maximum absolute atomic E-state index is 12.3. The summed E-state index contributed by atoms with van der Waals surface area (Å²) in [5.74, 6) is -0.00837. The van der Waals surface area contributed by atoms with E-state index in [4.69, 9.17) is 4.74 Å². The molecule has 106 valence electrons. The summed E-state index contributed by atoms with van der Waals surface area (Å²) in [6, 6.07) is 7.72. The lowest BCUT2D eigenvalue weighted by Gasteiger charge is -2.31. The minimum Gasteiger partial charge on any atom is -0.379 e. The van der Waals surface area contributed by atoms with Gasteiger partial charge >= 0.3 is 0 Å². The SMILES string of the molecule is CC(C(=O)Nc1nc2ccccc2s1)N1CCOCC1. The monoisotopic (exact) mass is 291 g/mol. The normalized spacial score (nSPS) is 18.1. The number of nitrogens with zero attached hydrogens (tertiary/aromatic N) is 2. The van der Waals surface area contributed by atoms with Crippen molar-refractivity contribution in [3.05, 3.63) is 24.3 Å². The fourth-order valence-corrected chi connectivity index (χ4v) is 3.13. The molecule has 0 radical (unpaired) electrons. The third-order valence-electron chi connectivity index (χ3n) is 3.50. The number of ether oxygens (including phenoxy) is 1. The quantitative estimate of drug-likeness (QED) is 0.939. The van der Waals surface area contributed by atoms with E-state index in [-0.39, 0.29) is 11.9 Å². The molecule has 1 atom stereocenters. The van der Waals surface area contributed by atoms with Crippen molar-refractivity contribution >= 4 is 32.6 Å². The van der Waals surface area contributed by atoms with E-state index in [0.717, 1.165) is 23.3 Å². The second kappa shape index (κ2) is 5.87. The summed E-state index contributed by atoms with van der Waals surface area (Å²) < 4.78 is 6.39. The number of fused-ring (bicyclic) bond motifs is 1. The average Bonchev–Trinajstić information content (AvgIpc) is 2.89. The number of amides is 1. The highest BCUT2D eigenvalue weighted by Gasteiger charge is 2.23. The van der Waals surface area contributed by atoms with Crippen LogP contribution in [-0.4, -0.2) is 48.1 Å². The topological polar surface area (TPSA) is 54.5 Å². The van der Waals surface area contributed by atoms with Crippen molar-refractivity contribution in [3.63, 3.8) is 0 Å². The molecular formula is C14H17N3O2S. The van der Waals surface area contributed by atoms with Crippen molar-refractivity contribution in [2.75, 3.05) is 31.6 Å². The molecule has 0 saturated carbocycles. The molecule has 1 unspecified atom stereocenters. The average molecular weight is 291 g/mol. The van der Waals surface area contributed by atoms with Gasteiger partial charge in [0.05, 0.1) is 29.5 Å². The molecule has 1 aromatic heterocycles. The molecule has 20 heavy (non-hydrogen) atoms. The van der Waals surface area contributed by atoms with E-state index in [0.29, 0.717) is 18.3 Å². The Hall–Kier alpha value is -1.50. The van der Waals surface area contributed by atoms with Gasteiger partial charge in [-0.15, -0.1) is 0 Å².